The van der Waals surface area contributed by atoms with E-state index in [1.165, 1.54) is 5.56 Å². The van der Waals surface area contributed by atoms with Gasteiger partial charge in [0, 0.05) is 0 Å². The van der Waals surface area contributed by atoms with E-state index in [2.05, 4.69) is 32.5 Å². The fraction of sp³-hybridized carbons (Fsp3) is 0.522. The van der Waals surface area contributed by atoms with Crippen molar-refractivity contribution in [2.75, 3.05) is 0 Å². The Bertz CT molecular complexity index is 1200. The normalized spacial score (nSPS) is 35.1. The number of aromatic nitrogens is 4. The number of aliphatic hydroxyl groups is 1. The lowest BCUT2D eigenvalue weighted by molar-refractivity contribution is -0.0257. The van der Waals surface area contributed by atoms with Gasteiger partial charge in [0.2, 0.25) is 0 Å². The molecule has 6 rings (SSSR count). The zero-order valence-corrected chi connectivity index (χ0v) is 17.0. The average molecular weight is 406 g/mol. The standard InChI is InChI=1S/C23H27N5O2/c1-23-7-6-14-13-3-2-12(29)8-16(13)18(9-15(14)17(23)4-5-19(23)30)28-11-27-21(24)20-22(28)26-10-25-20/h2-3,8,10-11,14-15,17-19,24,29-30H,4-7,9H2,1H3,(H,25,26)/t14-,15-,17+,18?,19+,23+/m1/s1. The van der Waals surface area contributed by atoms with Gasteiger partial charge in [0.25, 0.3) is 0 Å². The molecule has 1 aromatic carbocycles. The van der Waals surface area contributed by atoms with Gasteiger partial charge in [0.15, 0.2) is 11.1 Å². The summed E-state index contributed by atoms with van der Waals surface area (Å²) in [6.07, 6.45) is 8.14. The molecule has 2 heterocycles. The Balaban J connectivity index is 1.54. The largest absolute Gasteiger partial charge is 0.508 e. The third kappa shape index (κ3) is 2.32. The minimum absolute atomic E-state index is 0.00422. The van der Waals surface area contributed by atoms with E-state index in [0.29, 0.717) is 23.3 Å². The number of benzene rings is 1. The van der Waals surface area contributed by atoms with Gasteiger partial charge in [-0.3, -0.25) is 5.41 Å². The van der Waals surface area contributed by atoms with Gasteiger partial charge in [-0.1, -0.05) is 13.0 Å². The van der Waals surface area contributed by atoms with Gasteiger partial charge in [-0.25, -0.2) is 9.97 Å². The van der Waals surface area contributed by atoms with Crippen LogP contribution in [0, 0.1) is 22.7 Å². The first-order valence-corrected chi connectivity index (χ1v) is 10.9. The minimum Gasteiger partial charge on any atom is -0.508 e. The maximum Gasteiger partial charge on any atom is 0.173 e. The number of H-pyrrole nitrogens is 1. The predicted octanol–water partition coefficient (Wildman–Crippen LogP) is 3.21. The summed E-state index contributed by atoms with van der Waals surface area (Å²) in [4.78, 5) is 11.8. The lowest BCUT2D eigenvalue weighted by Gasteiger charge is -2.51. The Kier molecular flexibility index (Phi) is 3.73. The van der Waals surface area contributed by atoms with Gasteiger partial charge in [-0.2, -0.15) is 0 Å². The summed E-state index contributed by atoms with van der Waals surface area (Å²) < 4.78 is 2.07. The van der Waals surface area contributed by atoms with Gasteiger partial charge in [0.05, 0.1) is 24.8 Å². The van der Waals surface area contributed by atoms with E-state index in [1.807, 2.05) is 6.07 Å². The molecule has 1 unspecified atom stereocenters. The molecule has 30 heavy (non-hydrogen) atoms. The van der Waals surface area contributed by atoms with Gasteiger partial charge in [-0.15, -0.1) is 0 Å². The molecule has 0 aliphatic heterocycles. The van der Waals surface area contributed by atoms with Crippen molar-refractivity contribution >= 4 is 11.2 Å². The zero-order valence-electron chi connectivity index (χ0n) is 17.0. The number of phenols is 1. The maximum atomic E-state index is 10.7. The average Bonchev–Trinajstić information content (AvgIpc) is 3.34. The summed E-state index contributed by atoms with van der Waals surface area (Å²) in [6.45, 7) is 2.28. The molecule has 0 amide bonds. The molecule has 2 fully saturated rings. The molecule has 0 saturated heterocycles. The second-order valence-corrected chi connectivity index (χ2v) is 9.68. The highest BCUT2D eigenvalue weighted by atomic mass is 16.3. The Morgan fingerprint density at radius 1 is 1.20 bits per heavy atom. The number of fused-ring (bicyclic) bond motifs is 6. The number of aromatic amines is 1. The van der Waals surface area contributed by atoms with Crippen LogP contribution in [0.1, 0.15) is 62.1 Å². The van der Waals surface area contributed by atoms with Crippen molar-refractivity contribution in [3.05, 3.63) is 47.5 Å². The van der Waals surface area contributed by atoms with Crippen molar-refractivity contribution in [3.63, 3.8) is 0 Å². The van der Waals surface area contributed by atoms with Crippen LogP contribution in [0.4, 0.5) is 0 Å². The first kappa shape index (κ1) is 18.1. The molecule has 4 N–H and O–H groups in total. The van der Waals surface area contributed by atoms with E-state index in [0.717, 1.165) is 43.3 Å². The number of hydrogen-bond donors (Lipinski definition) is 4. The second-order valence-electron chi connectivity index (χ2n) is 9.68. The molecule has 0 bridgehead atoms. The van der Waals surface area contributed by atoms with Gasteiger partial charge >= 0.3 is 0 Å². The molecular weight excluding hydrogens is 378 g/mol. The summed E-state index contributed by atoms with van der Waals surface area (Å²) >= 11 is 0. The van der Waals surface area contributed by atoms with Crippen molar-refractivity contribution in [1.29, 1.82) is 5.41 Å². The third-order valence-corrected chi connectivity index (χ3v) is 8.46. The molecule has 0 radical (unpaired) electrons. The van der Waals surface area contributed by atoms with E-state index in [4.69, 9.17) is 5.41 Å². The topological polar surface area (TPSA) is 111 Å². The molecule has 3 aliphatic rings. The number of imidazole rings is 1. The summed E-state index contributed by atoms with van der Waals surface area (Å²) in [5.74, 6) is 1.70. The smallest absolute Gasteiger partial charge is 0.173 e. The molecule has 7 nitrogen and oxygen atoms in total. The molecular formula is C23H27N5O2. The van der Waals surface area contributed by atoms with Crippen LogP contribution in [-0.2, 0) is 0 Å². The Morgan fingerprint density at radius 3 is 2.93 bits per heavy atom. The molecule has 3 aromatic rings. The molecule has 6 atom stereocenters. The minimum atomic E-state index is -0.210. The highest BCUT2D eigenvalue weighted by Gasteiger charge is 2.55. The zero-order chi connectivity index (χ0) is 20.6. The molecule has 2 aromatic heterocycles. The summed E-state index contributed by atoms with van der Waals surface area (Å²) in [6, 6.07) is 5.78. The summed E-state index contributed by atoms with van der Waals surface area (Å²) in [7, 11) is 0. The SMILES string of the molecule is C[C@]12CC[C@@H]3c4ccc(O)cc4C(n4cnc(=N)c5[nH]cnc54)C[C@H]3[C@@H]1CC[C@@H]2O. The number of phenolic OH excluding ortho intramolecular Hbond substituents is 1. The van der Waals surface area contributed by atoms with Crippen molar-refractivity contribution in [2.45, 2.75) is 57.1 Å². The summed E-state index contributed by atoms with van der Waals surface area (Å²) in [5, 5.41) is 29.1. The highest BCUT2D eigenvalue weighted by Crippen LogP contribution is 2.62. The first-order valence-electron chi connectivity index (χ1n) is 10.9. The highest BCUT2D eigenvalue weighted by molar-refractivity contribution is 5.68. The van der Waals surface area contributed by atoms with Gasteiger partial charge in [0.1, 0.15) is 11.3 Å². The van der Waals surface area contributed by atoms with Crippen LogP contribution in [0.3, 0.4) is 0 Å². The molecule has 7 heteroatoms. The van der Waals surface area contributed by atoms with Gasteiger partial charge < -0.3 is 19.8 Å². The summed E-state index contributed by atoms with van der Waals surface area (Å²) in [5.41, 5.74) is 3.97. The number of nitrogens with zero attached hydrogens (tertiary/aromatic N) is 3. The number of aliphatic hydroxyl groups excluding tert-OH is 1. The maximum absolute atomic E-state index is 10.7. The number of hydrogen-bond acceptors (Lipinski definition) is 5. The monoisotopic (exact) mass is 405 g/mol. The lowest BCUT2D eigenvalue weighted by atomic mass is 9.54. The molecule has 156 valence electrons. The van der Waals surface area contributed by atoms with E-state index < -0.39 is 0 Å². The predicted molar refractivity (Wildman–Crippen MR) is 111 cm³/mol. The lowest BCUT2D eigenvalue weighted by Crippen LogP contribution is -2.45. The number of nitrogens with one attached hydrogen (secondary N) is 2. The Labute approximate surface area is 174 Å². The molecule has 2 saturated carbocycles. The van der Waals surface area contributed by atoms with E-state index in [1.54, 1.807) is 18.7 Å². The quantitative estimate of drug-likeness (QED) is 0.498. The molecule has 3 aliphatic carbocycles. The first-order chi connectivity index (χ1) is 14.5. The van der Waals surface area contributed by atoms with Crippen LogP contribution in [0.2, 0.25) is 0 Å². The van der Waals surface area contributed by atoms with Crippen LogP contribution < -0.4 is 5.49 Å². The van der Waals surface area contributed by atoms with Crippen molar-refractivity contribution in [3.8, 4) is 5.75 Å². The second kappa shape index (κ2) is 6.17. The van der Waals surface area contributed by atoms with Crippen LogP contribution >= 0.6 is 0 Å². The number of aromatic hydroxyl groups is 1. The number of rotatable bonds is 1. The van der Waals surface area contributed by atoms with Crippen LogP contribution in [0.15, 0.2) is 30.9 Å². The molecule has 0 spiro atoms. The van der Waals surface area contributed by atoms with Gasteiger partial charge in [-0.05, 0) is 78.5 Å². The van der Waals surface area contributed by atoms with E-state index in [-0.39, 0.29) is 28.8 Å². The third-order valence-electron chi connectivity index (χ3n) is 8.46. The Morgan fingerprint density at radius 2 is 2.07 bits per heavy atom. The Hall–Kier alpha value is -2.67. The fourth-order valence-electron chi connectivity index (χ4n) is 6.94. The van der Waals surface area contributed by atoms with E-state index >= 15 is 0 Å². The van der Waals surface area contributed by atoms with Crippen molar-refractivity contribution < 1.29 is 10.2 Å². The van der Waals surface area contributed by atoms with Crippen LogP contribution in [0.5, 0.6) is 5.75 Å². The van der Waals surface area contributed by atoms with Crippen molar-refractivity contribution in [2.24, 2.45) is 17.3 Å². The van der Waals surface area contributed by atoms with Crippen molar-refractivity contribution in [1.82, 2.24) is 19.5 Å². The van der Waals surface area contributed by atoms with E-state index in [9.17, 15) is 10.2 Å². The fourth-order valence-corrected chi connectivity index (χ4v) is 6.94. The van der Waals surface area contributed by atoms with Crippen LogP contribution in [-0.4, -0.2) is 35.8 Å². The van der Waals surface area contributed by atoms with Crippen LogP contribution in [0.25, 0.3) is 11.2 Å².